The fourth-order valence-electron chi connectivity index (χ4n) is 3.42. The lowest BCUT2D eigenvalue weighted by Crippen LogP contribution is -2.25. The van der Waals surface area contributed by atoms with Crippen LogP contribution in [0.5, 0.6) is 0 Å². The van der Waals surface area contributed by atoms with Crippen LogP contribution in [0.15, 0.2) is 114 Å². The second-order valence-corrected chi connectivity index (χ2v) is 7.78. The minimum Gasteiger partial charge on any atom is -0.392 e. The molecule has 0 radical (unpaired) electrons. The summed E-state index contributed by atoms with van der Waals surface area (Å²) in [7, 11) is 0. The van der Waals surface area contributed by atoms with Crippen LogP contribution in [0.1, 0.15) is 22.3 Å². The van der Waals surface area contributed by atoms with Crippen molar-refractivity contribution in [2.24, 2.45) is 0 Å². The maximum Gasteiger partial charge on any atom is 0.0975 e. The van der Waals surface area contributed by atoms with Crippen LogP contribution in [0, 0.1) is 0 Å². The van der Waals surface area contributed by atoms with E-state index in [1.165, 1.54) is 16.7 Å². The molecule has 1 heterocycles. The molecule has 3 heteroatoms. The minimum atomic E-state index is -0.433. The number of nitrogens with zero attached hydrogens (tertiary/aromatic N) is 1. The summed E-state index contributed by atoms with van der Waals surface area (Å²) < 4.78 is -0.433. The molecule has 0 bridgehead atoms. The minimum absolute atomic E-state index is 0.000848. The van der Waals surface area contributed by atoms with Gasteiger partial charge in [-0.05, 0) is 28.3 Å². The highest BCUT2D eigenvalue weighted by Gasteiger charge is 2.37. The van der Waals surface area contributed by atoms with Crippen molar-refractivity contribution in [3.8, 4) is 0 Å². The summed E-state index contributed by atoms with van der Waals surface area (Å²) in [5.41, 5.74) is 4.41. The first-order chi connectivity index (χ1) is 13.8. The van der Waals surface area contributed by atoms with E-state index in [0.29, 0.717) is 0 Å². The van der Waals surface area contributed by atoms with Crippen LogP contribution < -0.4 is 0 Å². The number of hydrogen-bond acceptors (Lipinski definition) is 3. The Kier molecular flexibility index (Phi) is 5.56. The summed E-state index contributed by atoms with van der Waals surface area (Å²) >= 11 is 1.72. The Hall–Kier alpha value is -2.88. The zero-order valence-corrected chi connectivity index (χ0v) is 16.2. The third kappa shape index (κ3) is 3.59. The SMILES string of the molecule is OCc1ccc(SC(c2ccccc2)(c2ccccc2)c2ccccc2)nc1. The molecule has 4 aromatic rings. The molecule has 1 aromatic heterocycles. The van der Waals surface area contributed by atoms with Gasteiger partial charge in [0.15, 0.2) is 0 Å². The zero-order chi connectivity index (χ0) is 19.2. The molecule has 1 N–H and O–H groups in total. The first-order valence-corrected chi connectivity index (χ1v) is 10.1. The standard InChI is InChI=1S/C25H21NOS/c27-19-20-16-17-24(26-18-20)28-25(21-10-4-1-5-11-21,22-12-6-2-7-13-22)23-14-8-3-9-15-23/h1-18,27H,19H2. The Bertz CT molecular complexity index is 906. The van der Waals surface area contributed by atoms with E-state index in [2.05, 4.69) is 77.8 Å². The highest BCUT2D eigenvalue weighted by atomic mass is 32.2. The molecule has 138 valence electrons. The van der Waals surface area contributed by atoms with Crippen LogP contribution in [0.25, 0.3) is 0 Å². The van der Waals surface area contributed by atoms with Crippen LogP contribution in [-0.2, 0) is 11.4 Å². The van der Waals surface area contributed by atoms with Crippen LogP contribution in [0.4, 0.5) is 0 Å². The number of aromatic nitrogens is 1. The average molecular weight is 384 g/mol. The van der Waals surface area contributed by atoms with Gasteiger partial charge in [-0.15, -0.1) is 0 Å². The van der Waals surface area contributed by atoms with Gasteiger partial charge >= 0.3 is 0 Å². The van der Waals surface area contributed by atoms with E-state index in [1.807, 2.05) is 30.3 Å². The van der Waals surface area contributed by atoms with E-state index in [0.717, 1.165) is 10.6 Å². The van der Waals surface area contributed by atoms with Gasteiger partial charge in [0, 0.05) is 6.20 Å². The average Bonchev–Trinajstić information content (AvgIpc) is 2.80. The quantitative estimate of drug-likeness (QED) is 0.345. The lowest BCUT2D eigenvalue weighted by atomic mass is 9.84. The maximum atomic E-state index is 9.35. The van der Waals surface area contributed by atoms with Gasteiger partial charge in [0.2, 0.25) is 0 Å². The second-order valence-electron chi connectivity index (χ2n) is 6.54. The van der Waals surface area contributed by atoms with Gasteiger partial charge in [-0.3, -0.25) is 0 Å². The molecule has 0 atom stereocenters. The smallest absolute Gasteiger partial charge is 0.0975 e. The molecule has 0 amide bonds. The van der Waals surface area contributed by atoms with Crippen molar-refractivity contribution in [3.63, 3.8) is 0 Å². The molecule has 0 aliphatic carbocycles. The maximum absolute atomic E-state index is 9.35. The van der Waals surface area contributed by atoms with Crippen molar-refractivity contribution in [2.75, 3.05) is 0 Å². The van der Waals surface area contributed by atoms with E-state index >= 15 is 0 Å². The lowest BCUT2D eigenvalue weighted by Gasteiger charge is -2.35. The van der Waals surface area contributed by atoms with Crippen molar-refractivity contribution in [1.29, 1.82) is 0 Å². The van der Waals surface area contributed by atoms with Gasteiger partial charge < -0.3 is 5.11 Å². The molecule has 0 saturated carbocycles. The number of rotatable bonds is 6. The van der Waals surface area contributed by atoms with Gasteiger partial charge in [0.05, 0.1) is 16.4 Å². The molecular weight excluding hydrogens is 362 g/mol. The fraction of sp³-hybridized carbons (Fsp3) is 0.0800. The second kappa shape index (κ2) is 8.42. The molecular formula is C25H21NOS. The molecule has 0 fully saturated rings. The zero-order valence-electron chi connectivity index (χ0n) is 15.4. The van der Waals surface area contributed by atoms with Crippen molar-refractivity contribution in [2.45, 2.75) is 16.4 Å². The van der Waals surface area contributed by atoms with E-state index in [-0.39, 0.29) is 6.61 Å². The Balaban J connectivity index is 1.95. The van der Waals surface area contributed by atoms with Gasteiger partial charge in [0.1, 0.15) is 0 Å². The highest BCUT2D eigenvalue weighted by Crippen LogP contribution is 2.50. The monoisotopic (exact) mass is 383 g/mol. The van der Waals surface area contributed by atoms with Crippen molar-refractivity contribution >= 4 is 11.8 Å². The predicted molar refractivity (Wildman–Crippen MR) is 115 cm³/mol. The van der Waals surface area contributed by atoms with Crippen molar-refractivity contribution in [3.05, 3.63) is 132 Å². The number of aliphatic hydroxyl groups excluding tert-OH is 1. The van der Waals surface area contributed by atoms with Gasteiger partial charge in [-0.1, -0.05) is 109 Å². The third-order valence-corrected chi connectivity index (χ3v) is 6.24. The highest BCUT2D eigenvalue weighted by molar-refractivity contribution is 8.00. The molecule has 4 rings (SSSR count). The Morgan fingerprint density at radius 1 is 0.643 bits per heavy atom. The molecule has 28 heavy (non-hydrogen) atoms. The molecule has 2 nitrogen and oxygen atoms in total. The lowest BCUT2D eigenvalue weighted by molar-refractivity contribution is 0.281. The molecule has 0 spiro atoms. The number of hydrogen-bond donors (Lipinski definition) is 1. The Labute approximate surface area is 169 Å². The Morgan fingerprint density at radius 2 is 1.11 bits per heavy atom. The third-order valence-electron chi connectivity index (χ3n) is 4.78. The van der Waals surface area contributed by atoms with E-state index in [1.54, 1.807) is 18.0 Å². The van der Waals surface area contributed by atoms with Crippen molar-refractivity contribution < 1.29 is 5.11 Å². The molecule has 3 aromatic carbocycles. The summed E-state index contributed by atoms with van der Waals surface area (Å²) in [6.07, 6.45) is 1.74. The van der Waals surface area contributed by atoms with Gasteiger partial charge in [0.25, 0.3) is 0 Å². The largest absolute Gasteiger partial charge is 0.392 e. The predicted octanol–water partition coefficient (Wildman–Crippen LogP) is 5.66. The summed E-state index contributed by atoms with van der Waals surface area (Å²) in [6, 6.07) is 35.6. The van der Waals surface area contributed by atoms with Gasteiger partial charge in [-0.25, -0.2) is 4.98 Å². The topological polar surface area (TPSA) is 33.1 Å². The van der Waals surface area contributed by atoms with Crippen LogP contribution >= 0.6 is 11.8 Å². The fourth-order valence-corrected chi connectivity index (χ4v) is 4.73. The molecule has 0 saturated heterocycles. The van der Waals surface area contributed by atoms with E-state index in [9.17, 15) is 5.11 Å². The first-order valence-electron chi connectivity index (χ1n) is 9.24. The summed E-state index contributed by atoms with van der Waals surface area (Å²) in [4.78, 5) is 4.61. The summed E-state index contributed by atoms with van der Waals surface area (Å²) in [6.45, 7) is -0.000848. The van der Waals surface area contributed by atoms with Gasteiger partial charge in [-0.2, -0.15) is 0 Å². The molecule has 0 aliphatic rings. The number of pyridine rings is 1. The van der Waals surface area contributed by atoms with Crippen LogP contribution in [0.2, 0.25) is 0 Å². The van der Waals surface area contributed by atoms with Crippen molar-refractivity contribution in [1.82, 2.24) is 4.98 Å². The summed E-state index contributed by atoms with van der Waals surface area (Å²) in [5.74, 6) is 0. The molecule has 0 aliphatic heterocycles. The first kappa shape index (κ1) is 18.5. The number of benzene rings is 3. The normalized spacial score (nSPS) is 11.3. The molecule has 0 unspecified atom stereocenters. The van der Waals surface area contributed by atoms with E-state index in [4.69, 9.17) is 0 Å². The summed E-state index contributed by atoms with van der Waals surface area (Å²) in [5, 5.41) is 10.3. The van der Waals surface area contributed by atoms with E-state index < -0.39 is 4.75 Å². The van der Waals surface area contributed by atoms with Crippen LogP contribution in [0.3, 0.4) is 0 Å². The van der Waals surface area contributed by atoms with Crippen LogP contribution in [-0.4, -0.2) is 10.1 Å². The Morgan fingerprint density at radius 3 is 1.46 bits per heavy atom. The number of thioether (sulfide) groups is 1. The number of aliphatic hydroxyl groups is 1.